The molecule has 0 bridgehead atoms. The molecule has 3 rings (SSSR count). The third-order valence-electron chi connectivity index (χ3n) is 4.18. The third-order valence-corrected chi connectivity index (χ3v) is 4.18. The molecule has 4 nitrogen and oxygen atoms in total. The van der Waals surface area contributed by atoms with Crippen LogP contribution in [0.15, 0.2) is 48.5 Å². The molecule has 1 heterocycles. The zero-order valence-corrected chi connectivity index (χ0v) is 13.5. The Morgan fingerprint density at radius 3 is 2.71 bits per heavy atom. The van der Waals surface area contributed by atoms with E-state index in [2.05, 4.69) is 5.32 Å². The minimum absolute atomic E-state index is 0.0524. The molecule has 5 heteroatoms. The number of amides is 2. The van der Waals surface area contributed by atoms with Crippen molar-refractivity contribution in [1.82, 2.24) is 4.90 Å². The van der Waals surface area contributed by atoms with Crippen LogP contribution in [0.5, 0.6) is 0 Å². The molecule has 0 radical (unpaired) electrons. The first-order valence-corrected chi connectivity index (χ1v) is 7.91. The summed E-state index contributed by atoms with van der Waals surface area (Å²) in [4.78, 5) is 26.1. The van der Waals surface area contributed by atoms with E-state index in [-0.39, 0.29) is 23.9 Å². The van der Waals surface area contributed by atoms with Crippen LogP contribution >= 0.6 is 0 Å². The van der Waals surface area contributed by atoms with Gasteiger partial charge in [0.25, 0.3) is 0 Å². The first-order chi connectivity index (χ1) is 11.5. The first kappa shape index (κ1) is 16.2. The Hall–Kier alpha value is -2.69. The molecule has 1 fully saturated rings. The molecule has 2 aromatic carbocycles. The monoisotopic (exact) mass is 326 g/mol. The van der Waals surface area contributed by atoms with Crippen molar-refractivity contribution >= 4 is 17.5 Å². The molecule has 0 aromatic heterocycles. The van der Waals surface area contributed by atoms with Gasteiger partial charge in [-0.2, -0.15) is 0 Å². The molecule has 1 saturated heterocycles. The molecule has 0 spiro atoms. The number of halogens is 1. The average molecular weight is 326 g/mol. The molecule has 124 valence electrons. The van der Waals surface area contributed by atoms with Gasteiger partial charge in [0.05, 0.1) is 11.6 Å². The Morgan fingerprint density at radius 1 is 1.25 bits per heavy atom. The number of hydrogen-bond acceptors (Lipinski definition) is 2. The van der Waals surface area contributed by atoms with Gasteiger partial charge in [-0.1, -0.05) is 36.4 Å². The summed E-state index contributed by atoms with van der Waals surface area (Å²) in [6.07, 6.45) is 0.159. The van der Waals surface area contributed by atoms with E-state index in [0.29, 0.717) is 13.1 Å². The fourth-order valence-corrected chi connectivity index (χ4v) is 2.86. The van der Waals surface area contributed by atoms with Crippen LogP contribution in [-0.2, 0) is 16.1 Å². The van der Waals surface area contributed by atoms with Gasteiger partial charge in [0.1, 0.15) is 5.82 Å². The lowest BCUT2D eigenvalue weighted by molar-refractivity contribution is -0.128. The minimum atomic E-state index is -0.464. The Labute approximate surface area is 140 Å². The van der Waals surface area contributed by atoms with E-state index in [1.165, 1.54) is 6.07 Å². The second-order valence-electron chi connectivity index (χ2n) is 6.13. The van der Waals surface area contributed by atoms with Gasteiger partial charge in [0, 0.05) is 19.5 Å². The summed E-state index contributed by atoms with van der Waals surface area (Å²) in [5.41, 5.74) is 1.96. The van der Waals surface area contributed by atoms with Crippen LogP contribution in [0.3, 0.4) is 0 Å². The van der Waals surface area contributed by atoms with E-state index in [4.69, 9.17) is 0 Å². The predicted octanol–water partition coefficient (Wildman–Crippen LogP) is 3.12. The van der Waals surface area contributed by atoms with Gasteiger partial charge in [-0.25, -0.2) is 4.39 Å². The maximum atomic E-state index is 13.8. The van der Waals surface area contributed by atoms with Crippen LogP contribution < -0.4 is 5.32 Å². The molecule has 2 aromatic rings. The van der Waals surface area contributed by atoms with Crippen molar-refractivity contribution in [3.8, 4) is 0 Å². The van der Waals surface area contributed by atoms with Crippen LogP contribution in [0.4, 0.5) is 10.1 Å². The summed E-state index contributed by atoms with van der Waals surface area (Å²) in [7, 11) is 0. The highest BCUT2D eigenvalue weighted by Gasteiger charge is 2.34. The van der Waals surface area contributed by atoms with Gasteiger partial charge in [-0.3, -0.25) is 9.59 Å². The van der Waals surface area contributed by atoms with E-state index in [9.17, 15) is 14.0 Å². The fourth-order valence-electron chi connectivity index (χ4n) is 2.86. The minimum Gasteiger partial charge on any atom is -0.338 e. The number of carbonyl (C=O) groups is 2. The van der Waals surface area contributed by atoms with Crippen molar-refractivity contribution in [3.05, 3.63) is 65.5 Å². The van der Waals surface area contributed by atoms with Gasteiger partial charge in [0.15, 0.2) is 0 Å². The maximum absolute atomic E-state index is 13.8. The van der Waals surface area contributed by atoms with Crippen LogP contribution in [-0.4, -0.2) is 23.3 Å². The molecule has 1 unspecified atom stereocenters. The summed E-state index contributed by atoms with van der Waals surface area (Å²) in [6, 6.07) is 14.3. The van der Waals surface area contributed by atoms with Crippen LogP contribution in [0, 0.1) is 18.7 Å². The lowest BCUT2D eigenvalue weighted by Gasteiger charge is -2.16. The predicted molar refractivity (Wildman–Crippen MR) is 89.7 cm³/mol. The topological polar surface area (TPSA) is 49.4 Å². The number of nitrogens with one attached hydrogen (secondary N) is 1. The molecule has 0 aliphatic carbocycles. The lowest BCUT2D eigenvalue weighted by Crippen LogP contribution is -2.28. The van der Waals surface area contributed by atoms with Gasteiger partial charge < -0.3 is 10.2 Å². The fraction of sp³-hybridized carbons (Fsp3) is 0.263. The van der Waals surface area contributed by atoms with Gasteiger partial charge in [-0.15, -0.1) is 0 Å². The number of hydrogen-bond donors (Lipinski definition) is 1. The van der Waals surface area contributed by atoms with E-state index in [1.54, 1.807) is 24.0 Å². The molecule has 1 aliphatic rings. The van der Waals surface area contributed by atoms with Crippen molar-refractivity contribution in [3.63, 3.8) is 0 Å². The van der Waals surface area contributed by atoms with Crippen LogP contribution in [0.2, 0.25) is 0 Å². The van der Waals surface area contributed by atoms with Gasteiger partial charge in [0.2, 0.25) is 11.8 Å². The van der Waals surface area contributed by atoms with Crippen LogP contribution in [0.1, 0.15) is 17.5 Å². The summed E-state index contributed by atoms with van der Waals surface area (Å²) in [6.45, 7) is 2.63. The number of benzene rings is 2. The summed E-state index contributed by atoms with van der Waals surface area (Å²) in [5.74, 6) is -1.29. The quantitative estimate of drug-likeness (QED) is 0.938. The second-order valence-corrected chi connectivity index (χ2v) is 6.13. The largest absolute Gasteiger partial charge is 0.338 e. The Morgan fingerprint density at radius 2 is 2.00 bits per heavy atom. The molecule has 0 saturated carbocycles. The molecule has 1 aliphatic heterocycles. The zero-order valence-electron chi connectivity index (χ0n) is 13.5. The molecule has 2 amide bonds. The highest BCUT2D eigenvalue weighted by atomic mass is 19.1. The summed E-state index contributed by atoms with van der Waals surface area (Å²) in [5, 5.41) is 2.59. The molecule has 24 heavy (non-hydrogen) atoms. The highest BCUT2D eigenvalue weighted by Crippen LogP contribution is 2.23. The van der Waals surface area contributed by atoms with E-state index in [1.807, 2.05) is 30.3 Å². The number of nitrogens with zero attached hydrogens (tertiary/aromatic N) is 1. The van der Waals surface area contributed by atoms with Gasteiger partial charge in [-0.05, 0) is 30.2 Å². The molecular formula is C19H19FN2O2. The summed E-state index contributed by atoms with van der Waals surface area (Å²) < 4.78 is 13.8. The second kappa shape index (κ2) is 6.83. The van der Waals surface area contributed by atoms with Crippen molar-refractivity contribution in [2.24, 2.45) is 5.92 Å². The lowest BCUT2D eigenvalue weighted by atomic mass is 10.1. The van der Waals surface area contributed by atoms with Crippen molar-refractivity contribution < 1.29 is 14.0 Å². The van der Waals surface area contributed by atoms with Gasteiger partial charge >= 0.3 is 0 Å². The number of likely N-dealkylation sites (tertiary alicyclic amines) is 1. The molecule has 1 atom stereocenters. The van der Waals surface area contributed by atoms with Crippen molar-refractivity contribution in [2.75, 3.05) is 11.9 Å². The van der Waals surface area contributed by atoms with Crippen molar-refractivity contribution in [2.45, 2.75) is 19.9 Å². The third kappa shape index (κ3) is 3.62. The van der Waals surface area contributed by atoms with Crippen LogP contribution in [0.25, 0.3) is 0 Å². The maximum Gasteiger partial charge on any atom is 0.229 e. The molecular weight excluding hydrogens is 307 g/mol. The summed E-state index contributed by atoms with van der Waals surface area (Å²) >= 11 is 0. The van der Waals surface area contributed by atoms with E-state index >= 15 is 0 Å². The normalized spacial score (nSPS) is 17.2. The van der Waals surface area contributed by atoms with E-state index < -0.39 is 11.7 Å². The zero-order chi connectivity index (χ0) is 17.1. The molecule has 1 N–H and O–H groups in total. The Kier molecular flexibility index (Phi) is 4.60. The Balaban J connectivity index is 1.63. The Bertz CT molecular complexity index is 761. The smallest absolute Gasteiger partial charge is 0.229 e. The number of anilines is 1. The first-order valence-electron chi connectivity index (χ1n) is 7.91. The standard InChI is InChI=1S/C19H19FN2O2/c1-13-7-8-17(16(20)9-13)21-19(24)15-10-18(23)22(12-15)11-14-5-3-2-4-6-14/h2-9,15H,10-12H2,1H3,(H,21,24). The van der Waals surface area contributed by atoms with Crippen molar-refractivity contribution in [1.29, 1.82) is 0 Å². The highest BCUT2D eigenvalue weighted by molar-refractivity contribution is 5.97. The SMILES string of the molecule is Cc1ccc(NC(=O)C2CC(=O)N(Cc3ccccc3)C2)c(F)c1. The number of rotatable bonds is 4. The van der Waals surface area contributed by atoms with E-state index in [0.717, 1.165) is 11.1 Å². The number of aryl methyl sites for hydroxylation is 1. The average Bonchev–Trinajstić information content (AvgIpc) is 2.92. The number of carbonyl (C=O) groups excluding carboxylic acids is 2.